The smallest absolute Gasteiger partial charge is 0.230 e. The number of aromatic hydroxyl groups is 1. The highest BCUT2D eigenvalue weighted by Gasteiger charge is 2.25. The summed E-state index contributed by atoms with van der Waals surface area (Å²) in [5.41, 5.74) is 3.57. The highest BCUT2D eigenvalue weighted by Crippen LogP contribution is 2.35. The van der Waals surface area contributed by atoms with Crippen LogP contribution in [-0.4, -0.2) is 28.5 Å². The molecule has 0 spiro atoms. The fraction of sp³-hybridized carbons (Fsp3) is 0.154. The number of phenolic OH excluding ortho intramolecular Hbond substituents is 1. The number of nitrogens with one attached hydrogen (secondary N) is 1. The van der Waals surface area contributed by atoms with Gasteiger partial charge in [0.1, 0.15) is 5.75 Å². The van der Waals surface area contributed by atoms with Gasteiger partial charge >= 0.3 is 0 Å². The van der Waals surface area contributed by atoms with Crippen LogP contribution in [0.15, 0.2) is 96.0 Å². The maximum absolute atomic E-state index is 12.7. The maximum Gasteiger partial charge on any atom is 0.230 e. The molecule has 1 aliphatic rings. The molecule has 0 saturated heterocycles. The monoisotopic (exact) mass is 443 g/mol. The summed E-state index contributed by atoms with van der Waals surface area (Å²) < 4.78 is 0. The number of carbonyl (C=O) groups excluding carboxylic acids is 1. The van der Waals surface area contributed by atoms with Gasteiger partial charge in [-0.25, -0.2) is 0 Å². The summed E-state index contributed by atoms with van der Waals surface area (Å²) >= 11 is 1.39. The number of aliphatic imine (C=N–C) groups is 1. The van der Waals surface area contributed by atoms with Crippen LogP contribution in [0.3, 0.4) is 0 Å². The van der Waals surface area contributed by atoms with Gasteiger partial charge in [0.2, 0.25) is 5.91 Å². The van der Waals surface area contributed by atoms with Crippen LogP contribution in [0.25, 0.3) is 5.70 Å². The number of amides is 1. The summed E-state index contributed by atoms with van der Waals surface area (Å²) in [5, 5.41) is 14.2. The van der Waals surface area contributed by atoms with E-state index in [0.29, 0.717) is 6.54 Å². The van der Waals surface area contributed by atoms with Crippen molar-refractivity contribution in [2.45, 2.75) is 13.0 Å². The summed E-state index contributed by atoms with van der Waals surface area (Å²) in [4.78, 5) is 19.3. The molecule has 0 radical (unpaired) electrons. The second kappa shape index (κ2) is 10.2. The van der Waals surface area contributed by atoms with Gasteiger partial charge in [0, 0.05) is 11.3 Å². The van der Waals surface area contributed by atoms with Crippen LogP contribution in [0, 0.1) is 0 Å². The van der Waals surface area contributed by atoms with E-state index in [1.807, 2.05) is 90.7 Å². The molecule has 3 aromatic rings. The van der Waals surface area contributed by atoms with Crippen LogP contribution < -0.4 is 10.2 Å². The molecule has 32 heavy (non-hydrogen) atoms. The third kappa shape index (κ3) is 5.03. The zero-order chi connectivity index (χ0) is 22.3. The van der Waals surface area contributed by atoms with Gasteiger partial charge in [-0.1, -0.05) is 72.4 Å². The number of benzene rings is 3. The molecule has 0 aliphatic carbocycles. The highest BCUT2D eigenvalue weighted by atomic mass is 32.2. The number of nitrogens with zero attached hydrogens (tertiary/aromatic N) is 2. The molecule has 1 amide bonds. The van der Waals surface area contributed by atoms with Crippen molar-refractivity contribution < 1.29 is 9.90 Å². The average molecular weight is 444 g/mol. The van der Waals surface area contributed by atoms with Gasteiger partial charge in [-0.05, 0) is 42.8 Å². The van der Waals surface area contributed by atoms with Gasteiger partial charge in [-0.3, -0.25) is 14.7 Å². The molecule has 2 N–H and O–H groups in total. The van der Waals surface area contributed by atoms with E-state index in [0.717, 1.165) is 27.7 Å². The van der Waals surface area contributed by atoms with E-state index in [4.69, 9.17) is 0 Å². The van der Waals surface area contributed by atoms with Crippen molar-refractivity contribution in [3.8, 4) is 5.75 Å². The lowest BCUT2D eigenvalue weighted by atomic mass is 10.1. The Morgan fingerprint density at radius 1 is 1.03 bits per heavy atom. The Morgan fingerprint density at radius 3 is 2.41 bits per heavy atom. The SMILES string of the molecule is CC(NC(=O)CSC1=NCC=C(c2ccccc2O)N1c1ccccc1)c1ccccc1. The first kappa shape index (κ1) is 21.7. The Hall–Kier alpha value is -3.51. The third-order valence-corrected chi connectivity index (χ3v) is 6.12. The minimum absolute atomic E-state index is 0.0549. The van der Waals surface area contributed by atoms with E-state index in [-0.39, 0.29) is 23.5 Å². The Morgan fingerprint density at radius 2 is 1.69 bits per heavy atom. The zero-order valence-corrected chi connectivity index (χ0v) is 18.6. The molecular weight excluding hydrogens is 418 g/mol. The van der Waals surface area contributed by atoms with Crippen molar-refractivity contribution >= 4 is 34.2 Å². The van der Waals surface area contributed by atoms with E-state index in [1.54, 1.807) is 12.1 Å². The molecular formula is C26H25N3O2S. The van der Waals surface area contributed by atoms with Crippen molar-refractivity contribution in [3.05, 3.63) is 102 Å². The largest absolute Gasteiger partial charge is 0.507 e. The normalized spacial score (nSPS) is 14.3. The molecule has 3 aromatic carbocycles. The fourth-order valence-electron chi connectivity index (χ4n) is 3.57. The Kier molecular flexibility index (Phi) is 6.92. The van der Waals surface area contributed by atoms with Crippen molar-refractivity contribution in [2.24, 2.45) is 4.99 Å². The van der Waals surface area contributed by atoms with Crippen LogP contribution >= 0.6 is 11.8 Å². The summed E-state index contributed by atoms with van der Waals surface area (Å²) in [6.07, 6.45) is 1.99. The lowest BCUT2D eigenvalue weighted by Gasteiger charge is -2.31. The van der Waals surface area contributed by atoms with Crippen molar-refractivity contribution in [1.82, 2.24) is 5.32 Å². The minimum Gasteiger partial charge on any atom is -0.507 e. The van der Waals surface area contributed by atoms with E-state index in [9.17, 15) is 9.90 Å². The number of hydrogen-bond acceptors (Lipinski definition) is 5. The summed E-state index contributed by atoms with van der Waals surface area (Å²) in [7, 11) is 0. The molecule has 0 saturated carbocycles. The number of phenols is 1. The van der Waals surface area contributed by atoms with Crippen LogP contribution in [0.1, 0.15) is 24.1 Å². The lowest BCUT2D eigenvalue weighted by Crippen LogP contribution is -2.33. The first-order chi connectivity index (χ1) is 15.6. The second-order valence-corrected chi connectivity index (χ2v) is 8.33. The quantitative estimate of drug-likeness (QED) is 0.548. The molecule has 162 valence electrons. The molecule has 4 rings (SSSR count). The van der Waals surface area contributed by atoms with Gasteiger partial charge in [0.15, 0.2) is 5.17 Å². The van der Waals surface area contributed by atoms with Gasteiger partial charge in [0.05, 0.1) is 24.0 Å². The van der Waals surface area contributed by atoms with E-state index in [1.165, 1.54) is 11.8 Å². The molecule has 1 atom stereocenters. The number of rotatable bonds is 6. The molecule has 5 nitrogen and oxygen atoms in total. The van der Waals surface area contributed by atoms with Gasteiger partial charge < -0.3 is 10.4 Å². The standard InChI is InChI=1S/C26H25N3O2S/c1-19(20-10-4-2-5-11-20)28-25(31)18-32-26-27-17-16-23(22-14-8-9-15-24(22)30)29(26)21-12-6-3-7-13-21/h2-16,19,30H,17-18H2,1H3,(H,28,31). The van der Waals surface area contributed by atoms with Crippen LogP contribution in [0.5, 0.6) is 5.75 Å². The van der Waals surface area contributed by atoms with Gasteiger partial charge in [-0.15, -0.1) is 0 Å². The highest BCUT2D eigenvalue weighted by molar-refractivity contribution is 8.14. The van der Waals surface area contributed by atoms with E-state index >= 15 is 0 Å². The zero-order valence-electron chi connectivity index (χ0n) is 17.8. The number of thioether (sulfide) groups is 1. The first-order valence-electron chi connectivity index (χ1n) is 10.5. The maximum atomic E-state index is 12.7. The van der Waals surface area contributed by atoms with Gasteiger partial charge in [0.25, 0.3) is 0 Å². The Labute approximate surface area is 192 Å². The number of amidine groups is 1. The van der Waals surface area contributed by atoms with Gasteiger partial charge in [-0.2, -0.15) is 0 Å². The average Bonchev–Trinajstić information content (AvgIpc) is 2.84. The van der Waals surface area contributed by atoms with Crippen molar-refractivity contribution in [2.75, 3.05) is 17.2 Å². The number of anilines is 1. The Bertz CT molecular complexity index is 1130. The Balaban J connectivity index is 1.51. The number of para-hydroxylation sites is 2. The topological polar surface area (TPSA) is 64.9 Å². The number of hydrogen-bond donors (Lipinski definition) is 2. The molecule has 0 bridgehead atoms. The summed E-state index contributed by atoms with van der Waals surface area (Å²) in [6, 6.07) is 27.0. The lowest BCUT2D eigenvalue weighted by molar-refractivity contribution is -0.119. The second-order valence-electron chi connectivity index (χ2n) is 7.39. The molecule has 6 heteroatoms. The summed E-state index contributed by atoms with van der Waals surface area (Å²) in [5.74, 6) is 0.397. The molecule has 1 unspecified atom stereocenters. The van der Waals surface area contributed by atoms with Crippen LogP contribution in [0.4, 0.5) is 5.69 Å². The molecule has 0 aromatic heterocycles. The van der Waals surface area contributed by atoms with Crippen LogP contribution in [0.2, 0.25) is 0 Å². The number of carbonyl (C=O) groups is 1. The minimum atomic E-state index is -0.0699. The van der Waals surface area contributed by atoms with E-state index in [2.05, 4.69) is 10.3 Å². The van der Waals surface area contributed by atoms with E-state index < -0.39 is 0 Å². The molecule has 0 fully saturated rings. The summed E-state index contributed by atoms with van der Waals surface area (Å²) in [6.45, 7) is 2.46. The first-order valence-corrected chi connectivity index (χ1v) is 11.5. The third-order valence-electron chi connectivity index (χ3n) is 5.15. The molecule has 1 aliphatic heterocycles. The van der Waals surface area contributed by atoms with Crippen molar-refractivity contribution in [1.29, 1.82) is 0 Å². The predicted molar refractivity (Wildman–Crippen MR) is 133 cm³/mol. The predicted octanol–water partition coefficient (Wildman–Crippen LogP) is 5.22. The molecule has 1 heterocycles. The van der Waals surface area contributed by atoms with Crippen LogP contribution in [-0.2, 0) is 4.79 Å². The fourth-order valence-corrected chi connectivity index (χ4v) is 4.41. The van der Waals surface area contributed by atoms with Crippen molar-refractivity contribution in [3.63, 3.8) is 0 Å².